The number of ketones is 1. The van der Waals surface area contributed by atoms with Gasteiger partial charge in [-0.3, -0.25) is 4.79 Å². The standard InChI is InChI=1S/C12H18O/c1-5-8-9-6-7-12(4,10(8)13)11(9,2)3/h5,9H,6-7H2,1-4H3/b8-5+. The molecule has 0 radical (unpaired) electrons. The normalized spacial score (nSPS) is 44.8. The Morgan fingerprint density at radius 2 is 2.00 bits per heavy atom. The molecule has 2 atom stereocenters. The van der Waals surface area contributed by atoms with Gasteiger partial charge in [-0.15, -0.1) is 0 Å². The minimum Gasteiger partial charge on any atom is -0.294 e. The van der Waals surface area contributed by atoms with Crippen molar-refractivity contribution in [2.24, 2.45) is 16.7 Å². The zero-order valence-corrected chi connectivity index (χ0v) is 8.98. The topological polar surface area (TPSA) is 17.1 Å². The summed E-state index contributed by atoms with van der Waals surface area (Å²) in [6.07, 6.45) is 4.31. The second kappa shape index (κ2) is 2.26. The van der Waals surface area contributed by atoms with Gasteiger partial charge < -0.3 is 0 Å². The van der Waals surface area contributed by atoms with Gasteiger partial charge >= 0.3 is 0 Å². The molecule has 2 saturated carbocycles. The lowest BCUT2D eigenvalue weighted by molar-refractivity contribution is -0.125. The molecule has 0 amide bonds. The quantitative estimate of drug-likeness (QED) is 0.521. The van der Waals surface area contributed by atoms with Gasteiger partial charge in [0.1, 0.15) is 0 Å². The van der Waals surface area contributed by atoms with Gasteiger partial charge in [0.2, 0.25) is 0 Å². The monoisotopic (exact) mass is 178 g/mol. The summed E-state index contributed by atoms with van der Waals surface area (Å²) in [7, 11) is 0. The second-order valence-corrected chi connectivity index (χ2v) is 5.22. The van der Waals surface area contributed by atoms with E-state index in [-0.39, 0.29) is 10.8 Å². The molecule has 0 aromatic carbocycles. The molecule has 1 heteroatoms. The van der Waals surface area contributed by atoms with Crippen LogP contribution in [0.5, 0.6) is 0 Å². The van der Waals surface area contributed by atoms with E-state index >= 15 is 0 Å². The third-order valence-electron chi connectivity index (χ3n) is 4.68. The summed E-state index contributed by atoms with van der Waals surface area (Å²) in [5.74, 6) is 0.936. The number of Topliss-reactive ketones (excluding diaryl/α,β-unsaturated/α-hetero) is 1. The molecule has 2 unspecified atom stereocenters. The lowest BCUT2D eigenvalue weighted by atomic mass is 9.70. The highest BCUT2D eigenvalue weighted by molar-refractivity contribution is 6.04. The molecule has 0 aromatic rings. The highest BCUT2D eigenvalue weighted by atomic mass is 16.1. The molecule has 0 aliphatic heterocycles. The molecule has 2 aliphatic carbocycles. The van der Waals surface area contributed by atoms with E-state index < -0.39 is 0 Å². The molecule has 1 nitrogen and oxygen atoms in total. The van der Waals surface area contributed by atoms with Crippen molar-refractivity contribution < 1.29 is 4.79 Å². The first kappa shape index (κ1) is 8.98. The first-order valence-corrected chi connectivity index (χ1v) is 5.16. The molecular formula is C12H18O. The number of allylic oxidation sites excluding steroid dienone is 2. The number of rotatable bonds is 0. The first-order chi connectivity index (χ1) is 5.95. The highest BCUT2D eigenvalue weighted by Gasteiger charge is 2.63. The number of carbonyl (C=O) groups excluding carboxylic acids is 1. The molecule has 2 fully saturated rings. The van der Waals surface area contributed by atoms with Crippen LogP contribution in [-0.4, -0.2) is 5.78 Å². The summed E-state index contributed by atoms with van der Waals surface area (Å²) in [6.45, 7) is 8.64. The first-order valence-electron chi connectivity index (χ1n) is 5.16. The van der Waals surface area contributed by atoms with Crippen LogP contribution in [-0.2, 0) is 4.79 Å². The minimum atomic E-state index is -0.0699. The van der Waals surface area contributed by atoms with Crippen LogP contribution in [0.2, 0.25) is 0 Å². The smallest absolute Gasteiger partial charge is 0.165 e. The zero-order chi connectivity index (χ0) is 9.85. The van der Waals surface area contributed by atoms with Crippen molar-refractivity contribution in [3.05, 3.63) is 11.6 Å². The van der Waals surface area contributed by atoms with Crippen LogP contribution in [0.3, 0.4) is 0 Å². The summed E-state index contributed by atoms with van der Waals surface area (Å²) in [6, 6.07) is 0. The molecule has 0 saturated heterocycles. The van der Waals surface area contributed by atoms with E-state index in [0.717, 1.165) is 12.0 Å². The number of fused-ring (bicyclic) bond motifs is 2. The van der Waals surface area contributed by atoms with Gasteiger partial charge in [0.05, 0.1) is 0 Å². The molecule has 13 heavy (non-hydrogen) atoms. The third kappa shape index (κ3) is 0.762. The van der Waals surface area contributed by atoms with E-state index in [1.807, 2.05) is 13.0 Å². The van der Waals surface area contributed by atoms with Crippen molar-refractivity contribution in [2.45, 2.75) is 40.5 Å². The molecule has 0 spiro atoms. The maximum absolute atomic E-state index is 12.1. The van der Waals surface area contributed by atoms with Crippen LogP contribution in [0.25, 0.3) is 0 Å². The van der Waals surface area contributed by atoms with Crippen LogP contribution in [0, 0.1) is 16.7 Å². The Balaban J connectivity index is 2.57. The van der Waals surface area contributed by atoms with Crippen molar-refractivity contribution in [1.29, 1.82) is 0 Å². The van der Waals surface area contributed by atoms with Crippen molar-refractivity contribution in [3.63, 3.8) is 0 Å². The molecule has 0 aromatic heterocycles. The predicted molar refractivity (Wildman–Crippen MR) is 53.4 cm³/mol. The lowest BCUT2D eigenvalue weighted by Crippen LogP contribution is -2.32. The zero-order valence-electron chi connectivity index (χ0n) is 8.98. The predicted octanol–water partition coefficient (Wildman–Crippen LogP) is 2.96. The van der Waals surface area contributed by atoms with Gasteiger partial charge in [0.25, 0.3) is 0 Å². The van der Waals surface area contributed by atoms with E-state index in [0.29, 0.717) is 11.7 Å². The van der Waals surface area contributed by atoms with Gasteiger partial charge in [-0.2, -0.15) is 0 Å². The SMILES string of the molecule is C/C=C1/C(=O)C2(C)CCC1C2(C)C. The van der Waals surface area contributed by atoms with Gasteiger partial charge in [0, 0.05) is 5.41 Å². The van der Waals surface area contributed by atoms with Gasteiger partial charge in [0.15, 0.2) is 5.78 Å². The third-order valence-corrected chi connectivity index (χ3v) is 4.68. The van der Waals surface area contributed by atoms with Crippen molar-refractivity contribution in [2.75, 3.05) is 0 Å². The molecule has 2 aliphatic rings. The van der Waals surface area contributed by atoms with Gasteiger partial charge in [-0.05, 0) is 36.7 Å². The number of hydrogen-bond acceptors (Lipinski definition) is 1. The largest absolute Gasteiger partial charge is 0.294 e. The lowest BCUT2D eigenvalue weighted by Gasteiger charge is -2.31. The Morgan fingerprint density at radius 3 is 2.31 bits per heavy atom. The Morgan fingerprint density at radius 1 is 1.38 bits per heavy atom. The van der Waals surface area contributed by atoms with E-state index in [1.54, 1.807) is 0 Å². The highest BCUT2D eigenvalue weighted by Crippen LogP contribution is 2.65. The number of hydrogen-bond donors (Lipinski definition) is 0. The second-order valence-electron chi connectivity index (χ2n) is 5.22. The van der Waals surface area contributed by atoms with Crippen molar-refractivity contribution in [1.82, 2.24) is 0 Å². The molecule has 0 heterocycles. The Bertz CT molecular complexity index is 298. The van der Waals surface area contributed by atoms with Crippen LogP contribution in [0.1, 0.15) is 40.5 Å². The Hall–Kier alpha value is -0.590. The fraction of sp³-hybridized carbons (Fsp3) is 0.750. The molecular weight excluding hydrogens is 160 g/mol. The summed E-state index contributed by atoms with van der Waals surface area (Å²) >= 11 is 0. The summed E-state index contributed by atoms with van der Waals surface area (Å²) in [5, 5.41) is 0. The van der Waals surface area contributed by atoms with E-state index in [4.69, 9.17) is 0 Å². The maximum atomic E-state index is 12.1. The average Bonchev–Trinajstić information content (AvgIpc) is 2.36. The summed E-state index contributed by atoms with van der Waals surface area (Å²) < 4.78 is 0. The molecule has 72 valence electrons. The summed E-state index contributed by atoms with van der Waals surface area (Å²) in [5.41, 5.74) is 1.21. The average molecular weight is 178 g/mol. The molecule has 2 rings (SSSR count). The van der Waals surface area contributed by atoms with Gasteiger partial charge in [-0.25, -0.2) is 0 Å². The fourth-order valence-corrected chi connectivity index (χ4v) is 3.26. The van der Waals surface area contributed by atoms with Gasteiger partial charge in [-0.1, -0.05) is 26.8 Å². The Kier molecular flexibility index (Phi) is 1.56. The molecule has 2 bridgehead atoms. The molecule has 0 N–H and O–H groups in total. The maximum Gasteiger partial charge on any atom is 0.165 e. The van der Waals surface area contributed by atoms with Crippen molar-refractivity contribution in [3.8, 4) is 0 Å². The summed E-state index contributed by atoms with van der Waals surface area (Å²) in [4.78, 5) is 12.1. The number of carbonyl (C=O) groups is 1. The van der Waals surface area contributed by atoms with Crippen LogP contribution in [0.4, 0.5) is 0 Å². The van der Waals surface area contributed by atoms with E-state index in [2.05, 4.69) is 20.8 Å². The Labute approximate surface area is 80.2 Å². The van der Waals surface area contributed by atoms with E-state index in [1.165, 1.54) is 6.42 Å². The van der Waals surface area contributed by atoms with E-state index in [9.17, 15) is 4.79 Å². The van der Waals surface area contributed by atoms with Crippen LogP contribution in [0.15, 0.2) is 11.6 Å². The van der Waals surface area contributed by atoms with Crippen LogP contribution < -0.4 is 0 Å². The fourth-order valence-electron chi connectivity index (χ4n) is 3.26. The van der Waals surface area contributed by atoms with Crippen molar-refractivity contribution >= 4 is 5.78 Å². The van der Waals surface area contributed by atoms with Crippen LogP contribution >= 0.6 is 0 Å². The minimum absolute atomic E-state index is 0.0699.